The molecule has 4 amide bonds. The summed E-state index contributed by atoms with van der Waals surface area (Å²) in [6, 6.07) is 10.2. The van der Waals surface area contributed by atoms with Gasteiger partial charge in [-0.3, -0.25) is 20.2 Å². The lowest BCUT2D eigenvalue weighted by Crippen LogP contribution is -2.22. The smallest absolute Gasteiger partial charge is 0.307 e. The third-order valence-electron chi connectivity index (χ3n) is 8.76. The summed E-state index contributed by atoms with van der Waals surface area (Å²) in [5.74, 6) is 1.91. The molecule has 0 aliphatic heterocycles. The quantitative estimate of drug-likeness (QED) is 0.124. The maximum atomic E-state index is 12.8. The van der Waals surface area contributed by atoms with Crippen molar-refractivity contribution in [3.8, 4) is 0 Å². The second-order valence-electron chi connectivity index (χ2n) is 13.2. The van der Waals surface area contributed by atoms with Crippen LogP contribution in [0.5, 0.6) is 0 Å². The number of aryl methyl sites for hydroxylation is 3. The Bertz CT molecular complexity index is 1840. The summed E-state index contributed by atoms with van der Waals surface area (Å²) in [5.41, 5.74) is 4.26. The number of carbonyl (C=O) groups excluding carboxylic acids is 4. The summed E-state index contributed by atoms with van der Waals surface area (Å²) in [7, 11) is 0. The molecule has 0 spiro atoms. The highest BCUT2D eigenvalue weighted by Crippen LogP contribution is 2.32. The maximum absolute atomic E-state index is 12.8. The summed E-state index contributed by atoms with van der Waals surface area (Å²) in [6.45, 7) is 9.65. The van der Waals surface area contributed by atoms with Gasteiger partial charge < -0.3 is 10.6 Å². The minimum atomic E-state index is -0.421. The lowest BCUT2D eigenvalue weighted by atomic mass is 9.94. The molecule has 0 bridgehead atoms. The van der Waals surface area contributed by atoms with Crippen LogP contribution in [-0.2, 0) is 0 Å². The topological polar surface area (TPSA) is 168 Å². The number of urea groups is 2. The first-order valence-electron chi connectivity index (χ1n) is 17.1. The lowest BCUT2D eigenvalue weighted by molar-refractivity contribution is 0.0916. The number of hydrogen-bond donors (Lipinski definition) is 4. The van der Waals surface area contributed by atoms with Gasteiger partial charge in [0.25, 0.3) is 0 Å². The molecule has 2 aliphatic rings. The molecule has 12 nitrogen and oxygen atoms in total. The van der Waals surface area contributed by atoms with Gasteiger partial charge in [-0.1, -0.05) is 62.8 Å². The van der Waals surface area contributed by atoms with E-state index in [0.717, 1.165) is 85.6 Å². The van der Waals surface area contributed by atoms with Gasteiger partial charge in [-0.2, -0.15) is 8.75 Å². The van der Waals surface area contributed by atoms with E-state index in [4.69, 9.17) is 0 Å². The summed E-state index contributed by atoms with van der Waals surface area (Å²) in [6.07, 6.45) is 8.12. The number of ketones is 2. The van der Waals surface area contributed by atoms with E-state index in [0.29, 0.717) is 44.4 Å². The second-order valence-corrected chi connectivity index (χ2v) is 14.7. The molecule has 2 heterocycles. The fourth-order valence-electron chi connectivity index (χ4n) is 6.13. The Balaban J connectivity index is 0.000000195. The molecule has 50 heavy (non-hydrogen) atoms. The number of benzene rings is 2. The van der Waals surface area contributed by atoms with E-state index in [-0.39, 0.29) is 29.3 Å². The number of rotatable bonds is 9. The second kappa shape index (κ2) is 16.9. The molecule has 0 unspecified atom stereocenters. The van der Waals surface area contributed by atoms with Crippen LogP contribution < -0.4 is 21.3 Å². The van der Waals surface area contributed by atoms with Gasteiger partial charge in [0.15, 0.2) is 11.6 Å². The van der Waals surface area contributed by atoms with Crippen molar-refractivity contribution >= 4 is 68.3 Å². The summed E-state index contributed by atoms with van der Waals surface area (Å²) in [4.78, 5) is 58.5. The number of Topliss-reactive ketones (excluding diaryl/α,β-unsaturated/α-hetero) is 2. The van der Waals surface area contributed by atoms with E-state index in [9.17, 15) is 19.2 Å². The maximum Gasteiger partial charge on any atom is 0.325 e. The van der Waals surface area contributed by atoms with E-state index in [1.165, 1.54) is 0 Å². The predicted octanol–water partition coefficient (Wildman–Crippen LogP) is 9.16. The van der Waals surface area contributed by atoms with Crippen molar-refractivity contribution in [1.29, 1.82) is 0 Å². The first-order valence-corrected chi connectivity index (χ1v) is 18.6. The zero-order valence-electron chi connectivity index (χ0n) is 29.1. The largest absolute Gasteiger partial charge is 0.325 e. The summed E-state index contributed by atoms with van der Waals surface area (Å²) < 4.78 is 8.24. The van der Waals surface area contributed by atoms with Gasteiger partial charge in [-0.15, -0.1) is 0 Å². The van der Waals surface area contributed by atoms with Crippen LogP contribution in [-0.4, -0.2) is 42.3 Å². The Kier molecular flexibility index (Phi) is 12.4. The minimum absolute atomic E-state index is 0.0668. The fourth-order valence-corrected chi connectivity index (χ4v) is 7.40. The summed E-state index contributed by atoms with van der Waals surface area (Å²) in [5, 5.41) is 11.8. The highest BCUT2D eigenvalue weighted by Gasteiger charge is 2.27. The molecular formula is C36H44N8O4S2. The first kappa shape index (κ1) is 36.7. The van der Waals surface area contributed by atoms with Crippen molar-refractivity contribution in [3.63, 3.8) is 0 Å². The van der Waals surface area contributed by atoms with Crippen molar-refractivity contribution < 1.29 is 19.2 Å². The molecule has 2 fully saturated rings. The number of amides is 4. The van der Waals surface area contributed by atoms with Crippen molar-refractivity contribution in [1.82, 2.24) is 18.7 Å². The van der Waals surface area contributed by atoms with Crippen LogP contribution in [0.4, 0.5) is 31.2 Å². The summed E-state index contributed by atoms with van der Waals surface area (Å²) >= 11 is 2.27. The molecule has 0 saturated heterocycles. The predicted molar refractivity (Wildman–Crippen MR) is 199 cm³/mol. The minimum Gasteiger partial charge on any atom is -0.307 e. The molecule has 2 saturated carbocycles. The van der Waals surface area contributed by atoms with E-state index in [1.54, 1.807) is 19.1 Å². The highest BCUT2D eigenvalue weighted by molar-refractivity contribution is 7.10. The first-order chi connectivity index (χ1) is 24.0. The van der Waals surface area contributed by atoms with Gasteiger partial charge >= 0.3 is 12.1 Å². The lowest BCUT2D eigenvalue weighted by Gasteiger charge is -2.14. The zero-order valence-corrected chi connectivity index (χ0v) is 30.7. The fraction of sp³-hybridized carbons (Fsp3) is 0.444. The van der Waals surface area contributed by atoms with E-state index in [1.807, 2.05) is 52.0 Å². The van der Waals surface area contributed by atoms with Gasteiger partial charge in [0.05, 0.1) is 11.4 Å². The van der Waals surface area contributed by atoms with Crippen LogP contribution >= 0.6 is 23.1 Å². The Morgan fingerprint density at radius 2 is 1.08 bits per heavy atom. The van der Waals surface area contributed by atoms with Crippen molar-refractivity contribution in [2.45, 2.75) is 91.9 Å². The number of aromatic nitrogens is 4. The molecular weight excluding hydrogens is 673 g/mol. The number of nitrogens with one attached hydrogen (secondary N) is 4. The number of carbonyl (C=O) groups is 4. The molecule has 0 radical (unpaired) electrons. The van der Waals surface area contributed by atoms with Gasteiger partial charge in [-0.25, -0.2) is 19.6 Å². The highest BCUT2D eigenvalue weighted by atomic mass is 32.1. The zero-order chi connectivity index (χ0) is 35.8. The standard InChI is InChI=1S/C19H24N4O2S.C17H20N4O2S/c1-11(2)17-21-19(26-23-17)22-18(25)20-15-9-8-12(3)10-14(15)16(24)13-6-4-5-7-13;1-10-7-8-14(13(9-10)15(22)12-5-3-4-6-12)19-16(23)20-17-18-11(2)21-24-17/h8-11,13H,4-7H2,1-3H3,(H2,20,21,22,23,25);7-9,12H,3-6H2,1-2H3,(H2,18,19,20,21,23). The third kappa shape index (κ3) is 9.78. The molecule has 6 rings (SSSR count). The molecule has 264 valence electrons. The average molecular weight is 717 g/mol. The molecule has 14 heteroatoms. The van der Waals surface area contributed by atoms with Crippen molar-refractivity contribution in [2.24, 2.45) is 11.8 Å². The van der Waals surface area contributed by atoms with Crippen LogP contribution in [0.3, 0.4) is 0 Å². The van der Waals surface area contributed by atoms with Crippen LogP contribution in [0.15, 0.2) is 36.4 Å². The Labute approximate surface area is 300 Å². The van der Waals surface area contributed by atoms with Gasteiger partial charge in [0, 0.05) is 51.9 Å². The average Bonchev–Trinajstić information content (AvgIpc) is 3.91. The van der Waals surface area contributed by atoms with Crippen molar-refractivity contribution in [3.05, 3.63) is 70.3 Å². The Hall–Kier alpha value is -4.56. The normalized spacial score (nSPS) is 14.6. The molecule has 4 N–H and O–H groups in total. The van der Waals surface area contributed by atoms with E-state index >= 15 is 0 Å². The number of hydrogen-bond acceptors (Lipinski definition) is 10. The number of anilines is 4. The molecule has 2 aliphatic carbocycles. The molecule has 2 aromatic carbocycles. The van der Waals surface area contributed by atoms with Gasteiger partial charge in [0.1, 0.15) is 11.6 Å². The number of nitrogens with zero attached hydrogens (tertiary/aromatic N) is 4. The van der Waals surface area contributed by atoms with Crippen LogP contribution in [0.1, 0.15) is 115 Å². The third-order valence-corrected chi connectivity index (χ3v) is 10.1. The van der Waals surface area contributed by atoms with Gasteiger partial charge in [0.2, 0.25) is 10.3 Å². The van der Waals surface area contributed by atoms with E-state index < -0.39 is 12.1 Å². The SMILES string of the molecule is Cc1ccc(NC(=O)Nc2nc(C(C)C)ns2)c(C(=O)C2CCCC2)c1.Cc1ccc(NC(=O)Nc2nc(C)ns2)c(C(=O)C2CCCC2)c1. The van der Waals surface area contributed by atoms with Gasteiger partial charge in [-0.05, 0) is 70.7 Å². The Morgan fingerprint density at radius 1 is 0.640 bits per heavy atom. The monoisotopic (exact) mass is 716 g/mol. The van der Waals surface area contributed by atoms with Crippen LogP contribution in [0, 0.1) is 32.6 Å². The molecule has 0 atom stereocenters. The van der Waals surface area contributed by atoms with Crippen LogP contribution in [0.2, 0.25) is 0 Å². The Morgan fingerprint density at radius 3 is 1.48 bits per heavy atom. The van der Waals surface area contributed by atoms with E-state index in [2.05, 4.69) is 40.0 Å². The molecule has 2 aromatic heterocycles. The van der Waals surface area contributed by atoms with Crippen LogP contribution in [0.25, 0.3) is 0 Å². The molecule has 4 aromatic rings. The van der Waals surface area contributed by atoms with Crippen molar-refractivity contribution in [2.75, 3.05) is 21.3 Å².